The smallest absolute Gasteiger partial charge is 0.412 e. The minimum Gasteiger partial charge on any atom is -0.504 e. The van der Waals surface area contributed by atoms with Crippen molar-refractivity contribution in [2.75, 3.05) is 5.32 Å². The summed E-state index contributed by atoms with van der Waals surface area (Å²) in [7, 11) is 0. The molecule has 0 spiro atoms. The summed E-state index contributed by atoms with van der Waals surface area (Å²) in [5.41, 5.74) is 0.230. The van der Waals surface area contributed by atoms with E-state index in [1.807, 2.05) is 6.07 Å². The number of aromatic carboxylic acids is 1. The Hall–Kier alpha value is -3.22. The lowest BCUT2D eigenvalue weighted by Crippen LogP contribution is -2.14. The van der Waals surface area contributed by atoms with Crippen molar-refractivity contribution in [1.29, 1.82) is 0 Å². The summed E-state index contributed by atoms with van der Waals surface area (Å²) in [6.07, 6.45) is -0.888. The maximum Gasteiger partial charge on any atom is 0.412 e. The van der Waals surface area contributed by atoms with Gasteiger partial charge in [0.05, 0.1) is 11.3 Å². The molecule has 22 heavy (non-hydrogen) atoms. The van der Waals surface area contributed by atoms with Gasteiger partial charge >= 0.3 is 12.1 Å². The van der Waals surface area contributed by atoms with Crippen molar-refractivity contribution < 1.29 is 29.6 Å². The first-order chi connectivity index (χ1) is 10.5. The highest BCUT2D eigenvalue weighted by Crippen LogP contribution is 2.34. The van der Waals surface area contributed by atoms with E-state index in [1.54, 1.807) is 24.3 Å². The molecule has 0 atom stereocenters. The number of rotatable bonds is 4. The molecule has 7 heteroatoms. The lowest BCUT2D eigenvalue weighted by atomic mass is 10.1. The molecule has 2 aromatic rings. The van der Waals surface area contributed by atoms with Crippen LogP contribution < -0.4 is 5.32 Å². The number of ether oxygens (including phenoxy) is 1. The highest BCUT2D eigenvalue weighted by Gasteiger charge is 2.15. The molecule has 1 amide bonds. The van der Waals surface area contributed by atoms with E-state index in [-0.39, 0.29) is 17.9 Å². The van der Waals surface area contributed by atoms with Gasteiger partial charge in [0.1, 0.15) is 6.61 Å². The zero-order chi connectivity index (χ0) is 16.1. The Morgan fingerprint density at radius 3 is 2.41 bits per heavy atom. The first-order valence-electron chi connectivity index (χ1n) is 6.24. The maximum atomic E-state index is 11.7. The fraction of sp³-hybridized carbons (Fsp3) is 0.0667. The summed E-state index contributed by atoms with van der Waals surface area (Å²) in [5, 5.41) is 30.1. The SMILES string of the molecule is O=C(Nc1cc(C(=O)O)cc(O)c1O)OCc1ccccc1. The van der Waals surface area contributed by atoms with Gasteiger partial charge in [-0.15, -0.1) is 0 Å². The summed E-state index contributed by atoms with van der Waals surface area (Å²) in [6, 6.07) is 10.8. The molecule has 2 aromatic carbocycles. The first kappa shape index (κ1) is 15.2. The molecule has 2 rings (SSSR count). The third-order valence-corrected chi connectivity index (χ3v) is 2.79. The van der Waals surface area contributed by atoms with E-state index in [2.05, 4.69) is 5.32 Å². The van der Waals surface area contributed by atoms with Gasteiger partial charge in [-0.25, -0.2) is 9.59 Å². The van der Waals surface area contributed by atoms with Crippen LogP contribution in [-0.2, 0) is 11.3 Å². The average Bonchev–Trinajstić information content (AvgIpc) is 2.50. The van der Waals surface area contributed by atoms with Crippen LogP contribution in [0.1, 0.15) is 15.9 Å². The number of nitrogens with one attached hydrogen (secondary N) is 1. The molecule has 0 saturated heterocycles. The number of hydrogen-bond acceptors (Lipinski definition) is 5. The molecule has 0 aliphatic heterocycles. The molecule has 0 aliphatic rings. The van der Waals surface area contributed by atoms with Gasteiger partial charge in [-0.05, 0) is 17.7 Å². The van der Waals surface area contributed by atoms with Gasteiger partial charge in [-0.1, -0.05) is 30.3 Å². The van der Waals surface area contributed by atoms with Crippen molar-refractivity contribution in [2.24, 2.45) is 0 Å². The number of hydrogen-bond donors (Lipinski definition) is 4. The van der Waals surface area contributed by atoms with Crippen LogP contribution in [0.3, 0.4) is 0 Å². The minimum atomic E-state index is -1.31. The Morgan fingerprint density at radius 2 is 1.77 bits per heavy atom. The molecule has 0 heterocycles. The molecule has 4 N–H and O–H groups in total. The van der Waals surface area contributed by atoms with Gasteiger partial charge in [0.25, 0.3) is 0 Å². The lowest BCUT2D eigenvalue weighted by Gasteiger charge is -2.10. The normalized spacial score (nSPS) is 10.0. The number of carboxylic acids is 1. The zero-order valence-electron chi connectivity index (χ0n) is 11.3. The predicted molar refractivity (Wildman–Crippen MR) is 77.0 cm³/mol. The average molecular weight is 303 g/mol. The maximum absolute atomic E-state index is 11.7. The second-order valence-corrected chi connectivity index (χ2v) is 4.38. The standard InChI is InChI=1S/C15H13NO6/c17-12-7-10(14(19)20)6-11(13(12)18)16-15(21)22-8-9-4-2-1-3-5-9/h1-7,17-18H,8H2,(H,16,21)(H,19,20). The topological polar surface area (TPSA) is 116 Å². The molecular formula is C15H13NO6. The molecule has 0 aromatic heterocycles. The van der Waals surface area contributed by atoms with Crippen molar-refractivity contribution in [1.82, 2.24) is 0 Å². The molecule has 0 aliphatic carbocycles. The highest BCUT2D eigenvalue weighted by molar-refractivity contribution is 5.94. The Bertz CT molecular complexity index is 699. The summed E-state index contributed by atoms with van der Waals surface area (Å²) in [5.74, 6) is -2.60. The lowest BCUT2D eigenvalue weighted by molar-refractivity contribution is 0.0696. The Labute approximate surface area is 125 Å². The van der Waals surface area contributed by atoms with Crippen molar-refractivity contribution in [3.05, 3.63) is 53.6 Å². The van der Waals surface area contributed by atoms with Crippen LogP contribution in [0.2, 0.25) is 0 Å². The van der Waals surface area contributed by atoms with E-state index in [1.165, 1.54) is 0 Å². The Kier molecular flexibility index (Phi) is 4.47. The van der Waals surface area contributed by atoms with Crippen LogP contribution in [0.25, 0.3) is 0 Å². The van der Waals surface area contributed by atoms with Crippen molar-refractivity contribution in [2.45, 2.75) is 6.61 Å². The van der Waals surface area contributed by atoms with Crippen molar-refractivity contribution >= 4 is 17.7 Å². The number of phenols is 2. The summed E-state index contributed by atoms with van der Waals surface area (Å²) in [6.45, 7) is 0.0119. The Morgan fingerprint density at radius 1 is 1.09 bits per heavy atom. The van der Waals surface area contributed by atoms with E-state index in [4.69, 9.17) is 9.84 Å². The van der Waals surface area contributed by atoms with Gasteiger partial charge in [0, 0.05) is 0 Å². The van der Waals surface area contributed by atoms with Crippen LogP contribution in [0.4, 0.5) is 10.5 Å². The van der Waals surface area contributed by atoms with Gasteiger partial charge in [-0.3, -0.25) is 5.32 Å². The first-order valence-corrected chi connectivity index (χ1v) is 6.24. The van der Waals surface area contributed by atoms with E-state index in [0.717, 1.165) is 17.7 Å². The molecule has 0 unspecified atom stereocenters. The van der Waals surface area contributed by atoms with Crippen LogP contribution in [0, 0.1) is 0 Å². The molecule has 0 radical (unpaired) electrons. The number of anilines is 1. The number of carbonyl (C=O) groups is 2. The third kappa shape index (κ3) is 3.66. The van der Waals surface area contributed by atoms with E-state index >= 15 is 0 Å². The monoisotopic (exact) mass is 303 g/mol. The van der Waals surface area contributed by atoms with Crippen LogP contribution in [0.5, 0.6) is 11.5 Å². The molecule has 0 bridgehead atoms. The van der Waals surface area contributed by atoms with Gasteiger partial charge in [0.15, 0.2) is 11.5 Å². The van der Waals surface area contributed by atoms with Gasteiger partial charge in [0.2, 0.25) is 0 Å². The quantitative estimate of drug-likeness (QED) is 0.645. The van der Waals surface area contributed by atoms with Gasteiger partial charge < -0.3 is 20.1 Å². The predicted octanol–water partition coefficient (Wildman–Crippen LogP) is 2.54. The van der Waals surface area contributed by atoms with Crippen LogP contribution in [0.15, 0.2) is 42.5 Å². The summed E-state index contributed by atoms with van der Waals surface area (Å²) < 4.78 is 4.94. The summed E-state index contributed by atoms with van der Waals surface area (Å²) in [4.78, 5) is 22.5. The Balaban J connectivity index is 2.06. The second-order valence-electron chi connectivity index (χ2n) is 4.38. The number of amides is 1. The highest BCUT2D eigenvalue weighted by atomic mass is 16.5. The van der Waals surface area contributed by atoms with Crippen molar-refractivity contribution in [3.63, 3.8) is 0 Å². The van der Waals surface area contributed by atoms with Crippen molar-refractivity contribution in [3.8, 4) is 11.5 Å². The molecular weight excluding hydrogens is 290 g/mol. The number of carbonyl (C=O) groups excluding carboxylic acids is 1. The molecule has 0 fully saturated rings. The number of benzene rings is 2. The zero-order valence-corrected chi connectivity index (χ0v) is 11.3. The van der Waals surface area contributed by atoms with Crippen LogP contribution in [-0.4, -0.2) is 27.4 Å². The van der Waals surface area contributed by atoms with Gasteiger partial charge in [-0.2, -0.15) is 0 Å². The third-order valence-electron chi connectivity index (χ3n) is 2.79. The number of phenolic OH excluding ortho intramolecular Hbond substituents is 2. The molecule has 7 nitrogen and oxygen atoms in total. The largest absolute Gasteiger partial charge is 0.504 e. The molecule has 0 saturated carbocycles. The fourth-order valence-electron chi connectivity index (χ4n) is 1.71. The molecule has 114 valence electrons. The minimum absolute atomic E-state index is 0.0119. The second kappa shape index (κ2) is 6.49. The fourth-order valence-corrected chi connectivity index (χ4v) is 1.71. The van der Waals surface area contributed by atoms with E-state index < -0.39 is 23.6 Å². The van der Waals surface area contributed by atoms with E-state index in [0.29, 0.717) is 0 Å². The number of aromatic hydroxyl groups is 2. The number of carboxylic acid groups (broad SMARTS) is 1. The summed E-state index contributed by atoms with van der Waals surface area (Å²) >= 11 is 0. The van der Waals surface area contributed by atoms with Crippen LogP contribution >= 0.6 is 0 Å². The van der Waals surface area contributed by atoms with E-state index in [9.17, 15) is 19.8 Å².